The Kier molecular flexibility index (Phi) is 9.33. The molecule has 0 aliphatic carbocycles. The van der Waals surface area contributed by atoms with Gasteiger partial charge in [-0.15, -0.1) is 0 Å². The number of amides is 3. The summed E-state index contributed by atoms with van der Waals surface area (Å²) in [6.45, 7) is 6.44. The Morgan fingerprint density at radius 1 is 1.08 bits per heavy atom. The fourth-order valence-electron chi connectivity index (χ4n) is 4.86. The number of piperidine rings is 1. The van der Waals surface area contributed by atoms with Crippen molar-refractivity contribution in [2.45, 2.75) is 65.0 Å². The maximum absolute atomic E-state index is 13.4. The van der Waals surface area contributed by atoms with E-state index in [4.69, 9.17) is 9.47 Å². The van der Waals surface area contributed by atoms with Gasteiger partial charge in [0.05, 0.1) is 5.41 Å². The standard InChI is InChI=1S/C27H37N5O6/c1-19-23(31-38-30-19)18-37-22-8-6-21(7-9-22)25(34)32-14-11-27(12-15-32)10-3-4-16-36-17-5-13-28-24(33)20(2)29-26(27)35/h6-9,20H,3-5,10-18H2,1-2H3,(H,28,33)(H,29,35)/t20-/m0/s1. The van der Waals surface area contributed by atoms with E-state index in [-0.39, 0.29) is 24.3 Å². The third kappa shape index (κ3) is 6.89. The molecule has 0 radical (unpaired) electrons. The minimum absolute atomic E-state index is 0.0783. The van der Waals surface area contributed by atoms with Gasteiger partial charge >= 0.3 is 0 Å². The average Bonchev–Trinajstić information content (AvgIpc) is 3.35. The second-order valence-electron chi connectivity index (χ2n) is 10.1. The summed E-state index contributed by atoms with van der Waals surface area (Å²) in [5, 5.41) is 13.3. The number of rotatable bonds is 4. The Hall–Kier alpha value is -3.47. The minimum Gasteiger partial charge on any atom is -0.487 e. The van der Waals surface area contributed by atoms with Gasteiger partial charge in [0.1, 0.15) is 29.8 Å². The molecule has 2 aromatic rings. The van der Waals surface area contributed by atoms with Crippen LogP contribution in [0.25, 0.3) is 0 Å². The molecule has 1 aromatic carbocycles. The van der Waals surface area contributed by atoms with E-state index in [2.05, 4.69) is 25.6 Å². The number of likely N-dealkylation sites (tertiary alicyclic amines) is 1. The number of aryl methyl sites for hydroxylation is 1. The van der Waals surface area contributed by atoms with Crippen LogP contribution < -0.4 is 15.4 Å². The van der Waals surface area contributed by atoms with Gasteiger partial charge < -0.3 is 25.0 Å². The van der Waals surface area contributed by atoms with Crippen molar-refractivity contribution in [3.05, 3.63) is 41.2 Å². The second-order valence-corrected chi connectivity index (χ2v) is 10.1. The zero-order valence-corrected chi connectivity index (χ0v) is 22.2. The lowest BCUT2D eigenvalue weighted by Crippen LogP contribution is -2.54. The number of nitrogens with zero attached hydrogens (tertiary/aromatic N) is 3. The van der Waals surface area contributed by atoms with E-state index in [1.54, 1.807) is 43.0 Å². The number of nitrogens with one attached hydrogen (secondary N) is 2. The molecule has 1 atom stereocenters. The van der Waals surface area contributed by atoms with E-state index < -0.39 is 11.5 Å². The maximum atomic E-state index is 13.4. The van der Waals surface area contributed by atoms with Gasteiger partial charge in [-0.1, -0.05) is 16.7 Å². The molecule has 38 heavy (non-hydrogen) atoms. The van der Waals surface area contributed by atoms with Crippen LogP contribution in [0.2, 0.25) is 0 Å². The van der Waals surface area contributed by atoms with Crippen LogP contribution >= 0.6 is 0 Å². The van der Waals surface area contributed by atoms with Crippen LogP contribution in [0.15, 0.2) is 28.9 Å². The molecule has 11 heteroatoms. The first-order valence-electron chi connectivity index (χ1n) is 13.3. The third-order valence-electron chi connectivity index (χ3n) is 7.41. The third-order valence-corrected chi connectivity index (χ3v) is 7.41. The SMILES string of the molecule is Cc1nonc1COc1ccc(C(=O)N2CCC3(CCCCOCCCNC(=O)[C@H](C)NC3=O)CC2)cc1. The average molecular weight is 528 g/mol. The van der Waals surface area contributed by atoms with Crippen LogP contribution in [0.5, 0.6) is 5.75 Å². The fraction of sp³-hybridized carbons (Fsp3) is 0.593. The summed E-state index contributed by atoms with van der Waals surface area (Å²) in [7, 11) is 0. The predicted octanol–water partition coefficient (Wildman–Crippen LogP) is 2.39. The van der Waals surface area contributed by atoms with Gasteiger partial charge in [-0.25, -0.2) is 4.63 Å². The van der Waals surface area contributed by atoms with Gasteiger partial charge in [0.15, 0.2) is 0 Å². The van der Waals surface area contributed by atoms with Gasteiger partial charge in [-0.3, -0.25) is 14.4 Å². The van der Waals surface area contributed by atoms with Crippen LogP contribution in [0, 0.1) is 12.3 Å². The summed E-state index contributed by atoms with van der Waals surface area (Å²) < 4.78 is 16.1. The van der Waals surface area contributed by atoms with Crippen molar-refractivity contribution in [1.29, 1.82) is 0 Å². The first-order valence-corrected chi connectivity index (χ1v) is 13.3. The lowest BCUT2D eigenvalue weighted by Gasteiger charge is -2.41. The van der Waals surface area contributed by atoms with Gasteiger partial charge in [0.2, 0.25) is 11.8 Å². The Labute approximate surface area is 222 Å². The zero-order valence-electron chi connectivity index (χ0n) is 22.2. The lowest BCUT2D eigenvalue weighted by molar-refractivity contribution is -0.137. The summed E-state index contributed by atoms with van der Waals surface area (Å²) >= 11 is 0. The van der Waals surface area contributed by atoms with Crippen molar-refractivity contribution in [1.82, 2.24) is 25.8 Å². The topological polar surface area (TPSA) is 136 Å². The zero-order chi connectivity index (χ0) is 27.0. The summed E-state index contributed by atoms with van der Waals surface area (Å²) in [6.07, 6.45) is 4.27. The quantitative estimate of drug-likeness (QED) is 0.619. The highest BCUT2D eigenvalue weighted by molar-refractivity contribution is 5.95. The van der Waals surface area contributed by atoms with Crippen LogP contribution in [0.1, 0.15) is 67.2 Å². The molecular weight excluding hydrogens is 490 g/mol. The molecule has 1 spiro atoms. The Balaban J connectivity index is 1.35. The van der Waals surface area contributed by atoms with E-state index in [0.29, 0.717) is 74.8 Å². The van der Waals surface area contributed by atoms with Crippen molar-refractivity contribution < 1.29 is 28.5 Å². The maximum Gasteiger partial charge on any atom is 0.253 e. The van der Waals surface area contributed by atoms with Crippen LogP contribution in [0.3, 0.4) is 0 Å². The van der Waals surface area contributed by atoms with Gasteiger partial charge in [-0.2, -0.15) is 0 Å². The molecule has 0 bridgehead atoms. The van der Waals surface area contributed by atoms with E-state index in [0.717, 1.165) is 19.3 Å². The van der Waals surface area contributed by atoms with Crippen LogP contribution in [0.4, 0.5) is 0 Å². The Morgan fingerprint density at radius 3 is 2.53 bits per heavy atom. The van der Waals surface area contributed by atoms with Gasteiger partial charge in [0.25, 0.3) is 5.91 Å². The summed E-state index contributed by atoms with van der Waals surface area (Å²) in [4.78, 5) is 40.8. The van der Waals surface area contributed by atoms with Crippen molar-refractivity contribution in [2.24, 2.45) is 5.41 Å². The Bertz CT molecular complexity index is 1090. The van der Waals surface area contributed by atoms with Crippen molar-refractivity contribution in [2.75, 3.05) is 32.8 Å². The molecule has 2 fully saturated rings. The summed E-state index contributed by atoms with van der Waals surface area (Å²) in [5.74, 6) is 0.230. The molecule has 4 rings (SSSR count). The number of carbonyl (C=O) groups is 3. The summed E-state index contributed by atoms with van der Waals surface area (Å²) in [5.41, 5.74) is 1.25. The molecule has 1 aromatic heterocycles. The van der Waals surface area contributed by atoms with E-state index >= 15 is 0 Å². The molecule has 3 heterocycles. The monoisotopic (exact) mass is 527 g/mol. The highest BCUT2D eigenvalue weighted by atomic mass is 16.6. The molecule has 2 aliphatic heterocycles. The molecule has 0 unspecified atom stereocenters. The number of hydrogen-bond donors (Lipinski definition) is 2. The van der Waals surface area contributed by atoms with Crippen molar-refractivity contribution >= 4 is 17.7 Å². The molecule has 11 nitrogen and oxygen atoms in total. The van der Waals surface area contributed by atoms with Crippen molar-refractivity contribution in [3.8, 4) is 5.75 Å². The number of benzene rings is 1. The van der Waals surface area contributed by atoms with E-state index in [1.807, 2.05) is 0 Å². The van der Waals surface area contributed by atoms with Gasteiger partial charge in [0, 0.05) is 38.4 Å². The lowest BCUT2D eigenvalue weighted by atomic mass is 9.73. The smallest absolute Gasteiger partial charge is 0.253 e. The molecule has 2 N–H and O–H groups in total. The van der Waals surface area contributed by atoms with Gasteiger partial charge in [-0.05, 0) is 70.2 Å². The number of carbonyl (C=O) groups excluding carboxylic acids is 3. The highest BCUT2D eigenvalue weighted by Gasteiger charge is 2.42. The van der Waals surface area contributed by atoms with E-state index in [1.165, 1.54) is 0 Å². The molecule has 206 valence electrons. The number of hydrogen-bond acceptors (Lipinski definition) is 8. The second kappa shape index (κ2) is 12.9. The first-order chi connectivity index (χ1) is 18.4. The largest absolute Gasteiger partial charge is 0.487 e. The Morgan fingerprint density at radius 2 is 1.82 bits per heavy atom. The normalized spacial score (nSPS) is 21.3. The predicted molar refractivity (Wildman–Crippen MR) is 137 cm³/mol. The fourth-order valence-corrected chi connectivity index (χ4v) is 4.86. The van der Waals surface area contributed by atoms with Crippen LogP contribution in [-0.2, 0) is 20.9 Å². The molecule has 0 saturated carbocycles. The summed E-state index contributed by atoms with van der Waals surface area (Å²) in [6, 6.07) is 6.37. The molecule has 3 amide bonds. The van der Waals surface area contributed by atoms with E-state index in [9.17, 15) is 14.4 Å². The molecule has 2 saturated heterocycles. The molecular formula is C27H37N5O6. The number of aromatic nitrogens is 2. The molecule has 2 aliphatic rings. The van der Waals surface area contributed by atoms with Crippen LogP contribution in [-0.4, -0.2) is 71.8 Å². The first kappa shape index (κ1) is 27.6. The number of ether oxygens (including phenoxy) is 2. The minimum atomic E-state index is -0.618. The highest BCUT2D eigenvalue weighted by Crippen LogP contribution is 2.37. The van der Waals surface area contributed by atoms with Crippen molar-refractivity contribution in [3.63, 3.8) is 0 Å².